The maximum atomic E-state index is 11.4. The number of rotatable bonds is 6. The Morgan fingerprint density at radius 2 is 2.45 bits per heavy atom. The number of carbonyl (C=O) groups excluding carboxylic acids is 1. The summed E-state index contributed by atoms with van der Waals surface area (Å²) in [5.74, 6) is -0.115. The van der Waals surface area contributed by atoms with Crippen LogP contribution in [0.5, 0.6) is 0 Å². The lowest BCUT2D eigenvalue weighted by atomic mass is 10.2. The molecular formula is C13H15N5OS. The summed E-state index contributed by atoms with van der Waals surface area (Å²) in [7, 11) is 0. The van der Waals surface area contributed by atoms with Crippen molar-refractivity contribution >= 4 is 27.8 Å². The van der Waals surface area contributed by atoms with Crippen molar-refractivity contribution in [2.75, 3.05) is 17.6 Å². The molecule has 2 aromatic heterocycles. The van der Waals surface area contributed by atoms with Crippen molar-refractivity contribution in [1.82, 2.24) is 9.55 Å². The Labute approximate surface area is 120 Å². The smallest absolute Gasteiger partial charge is 0.171 e. The summed E-state index contributed by atoms with van der Waals surface area (Å²) < 4.78 is 1.98. The summed E-state index contributed by atoms with van der Waals surface area (Å²) in [6.07, 6.45) is 6.28. The highest BCUT2D eigenvalue weighted by molar-refractivity contribution is 7.18. The molecule has 2 heterocycles. The fourth-order valence-corrected chi connectivity index (χ4v) is 2.82. The summed E-state index contributed by atoms with van der Waals surface area (Å²) in [6, 6.07) is 2.05. The van der Waals surface area contributed by atoms with Crippen LogP contribution in [0.1, 0.15) is 28.6 Å². The summed E-state index contributed by atoms with van der Waals surface area (Å²) >= 11 is 1.24. The van der Waals surface area contributed by atoms with Crippen LogP contribution in [0.4, 0.5) is 10.7 Å². The van der Waals surface area contributed by atoms with Gasteiger partial charge in [-0.2, -0.15) is 5.26 Å². The van der Waals surface area contributed by atoms with E-state index in [0.29, 0.717) is 22.0 Å². The van der Waals surface area contributed by atoms with Crippen LogP contribution >= 0.6 is 11.3 Å². The van der Waals surface area contributed by atoms with Crippen LogP contribution in [-0.2, 0) is 6.54 Å². The molecule has 0 bridgehead atoms. The standard InChI is InChI=1S/C13H15N5OS/c1-9(19)12-11(15)10(7-14)13(20-12)17-3-2-5-18-6-4-16-8-18/h4,6,8,17H,2-3,5,15H2,1H3. The van der Waals surface area contributed by atoms with E-state index in [-0.39, 0.29) is 11.5 Å². The van der Waals surface area contributed by atoms with Crippen LogP contribution in [-0.4, -0.2) is 21.9 Å². The number of aryl methyl sites for hydroxylation is 1. The molecule has 0 fully saturated rings. The van der Waals surface area contributed by atoms with Gasteiger partial charge in [-0.05, 0) is 6.42 Å². The molecular weight excluding hydrogens is 274 g/mol. The van der Waals surface area contributed by atoms with Crippen molar-refractivity contribution in [2.24, 2.45) is 0 Å². The zero-order chi connectivity index (χ0) is 14.5. The molecule has 2 aromatic rings. The van der Waals surface area contributed by atoms with E-state index in [1.54, 1.807) is 12.5 Å². The zero-order valence-electron chi connectivity index (χ0n) is 11.1. The Morgan fingerprint density at radius 1 is 1.65 bits per heavy atom. The minimum Gasteiger partial charge on any atom is -0.396 e. The maximum Gasteiger partial charge on any atom is 0.171 e. The lowest BCUT2D eigenvalue weighted by molar-refractivity contribution is 0.102. The fraction of sp³-hybridized carbons (Fsp3) is 0.308. The highest BCUT2D eigenvalue weighted by atomic mass is 32.1. The molecule has 0 aliphatic heterocycles. The van der Waals surface area contributed by atoms with Crippen molar-refractivity contribution in [3.05, 3.63) is 29.2 Å². The molecule has 0 aliphatic carbocycles. The van der Waals surface area contributed by atoms with Gasteiger partial charge < -0.3 is 15.6 Å². The van der Waals surface area contributed by atoms with Crippen molar-refractivity contribution in [3.8, 4) is 6.07 Å². The monoisotopic (exact) mass is 289 g/mol. The molecule has 0 aromatic carbocycles. The first-order chi connectivity index (χ1) is 9.63. The van der Waals surface area contributed by atoms with Gasteiger partial charge >= 0.3 is 0 Å². The molecule has 6 nitrogen and oxygen atoms in total. The molecule has 3 N–H and O–H groups in total. The molecule has 0 saturated carbocycles. The molecule has 0 unspecified atom stereocenters. The zero-order valence-corrected chi connectivity index (χ0v) is 11.9. The predicted molar refractivity (Wildman–Crippen MR) is 78.8 cm³/mol. The first-order valence-electron chi connectivity index (χ1n) is 6.16. The minimum atomic E-state index is -0.115. The van der Waals surface area contributed by atoms with Gasteiger partial charge in [-0.15, -0.1) is 11.3 Å². The highest BCUT2D eigenvalue weighted by Crippen LogP contribution is 2.35. The number of nitrogens with two attached hydrogens (primary N) is 1. The number of nitrogens with one attached hydrogen (secondary N) is 1. The summed E-state index contributed by atoms with van der Waals surface area (Å²) in [6.45, 7) is 2.99. The van der Waals surface area contributed by atoms with Gasteiger partial charge in [-0.25, -0.2) is 4.98 Å². The lowest BCUT2D eigenvalue weighted by Gasteiger charge is -2.05. The van der Waals surface area contributed by atoms with Crippen LogP contribution in [0.25, 0.3) is 0 Å². The lowest BCUT2D eigenvalue weighted by Crippen LogP contribution is -2.05. The third kappa shape index (κ3) is 2.97. The van der Waals surface area contributed by atoms with Gasteiger partial charge in [0.05, 0.1) is 16.9 Å². The van der Waals surface area contributed by atoms with Crippen molar-refractivity contribution in [3.63, 3.8) is 0 Å². The van der Waals surface area contributed by atoms with E-state index in [1.807, 2.05) is 16.8 Å². The molecule has 0 saturated heterocycles. The number of thiophene rings is 1. The number of hydrogen-bond donors (Lipinski definition) is 2. The molecule has 104 valence electrons. The van der Waals surface area contributed by atoms with Gasteiger partial charge in [-0.1, -0.05) is 0 Å². The maximum absolute atomic E-state index is 11.4. The van der Waals surface area contributed by atoms with E-state index < -0.39 is 0 Å². The van der Waals surface area contributed by atoms with Gasteiger partial charge in [0.1, 0.15) is 16.6 Å². The van der Waals surface area contributed by atoms with Gasteiger partial charge in [0, 0.05) is 32.4 Å². The third-order valence-corrected chi connectivity index (χ3v) is 4.08. The fourth-order valence-electron chi connectivity index (χ4n) is 1.82. The number of imidazole rings is 1. The minimum absolute atomic E-state index is 0.115. The molecule has 7 heteroatoms. The average molecular weight is 289 g/mol. The molecule has 2 rings (SSSR count). The van der Waals surface area contributed by atoms with Crippen LogP contribution < -0.4 is 11.1 Å². The van der Waals surface area contributed by atoms with E-state index >= 15 is 0 Å². The normalized spacial score (nSPS) is 10.2. The molecule has 0 radical (unpaired) electrons. The predicted octanol–water partition coefficient (Wildman–Crippen LogP) is 2.10. The summed E-state index contributed by atoms with van der Waals surface area (Å²) in [5.41, 5.74) is 6.46. The Balaban J connectivity index is 1.97. The number of nitrogens with zero attached hydrogens (tertiary/aromatic N) is 3. The Bertz CT molecular complexity index is 639. The quantitative estimate of drug-likeness (QED) is 0.627. The van der Waals surface area contributed by atoms with Crippen molar-refractivity contribution < 1.29 is 4.79 Å². The Kier molecular flexibility index (Phi) is 4.38. The second-order valence-corrected chi connectivity index (χ2v) is 5.32. The van der Waals surface area contributed by atoms with E-state index in [0.717, 1.165) is 13.0 Å². The number of carbonyl (C=O) groups is 1. The van der Waals surface area contributed by atoms with Crippen molar-refractivity contribution in [2.45, 2.75) is 19.9 Å². The number of hydrogen-bond acceptors (Lipinski definition) is 6. The Hall–Kier alpha value is -2.33. The second kappa shape index (κ2) is 6.21. The first kappa shape index (κ1) is 14.1. The number of anilines is 2. The largest absolute Gasteiger partial charge is 0.396 e. The van der Waals surface area contributed by atoms with Crippen LogP contribution in [0.15, 0.2) is 18.7 Å². The topological polar surface area (TPSA) is 96.7 Å². The number of nitrogen functional groups attached to an aromatic ring is 1. The van der Waals surface area contributed by atoms with Gasteiger partial charge in [0.25, 0.3) is 0 Å². The van der Waals surface area contributed by atoms with Crippen LogP contribution in [0, 0.1) is 11.3 Å². The molecule has 0 aliphatic rings. The van der Waals surface area contributed by atoms with Gasteiger partial charge in [0.2, 0.25) is 0 Å². The molecule has 0 amide bonds. The summed E-state index contributed by atoms with van der Waals surface area (Å²) in [4.78, 5) is 15.8. The third-order valence-electron chi connectivity index (χ3n) is 2.81. The van der Waals surface area contributed by atoms with Crippen LogP contribution in [0.2, 0.25) is 0 Å². The molecule has 0 spiro atoms. The van der Waals surface area contributed by atoms with E-state index in [1.165, 1.54) is 18.3 Å². The summed E-state index contributed by atoms with van der Waals surface area (Å²) in [5, 5.41) is 13.0. The first-order valence-corrected chi connectivity index (χ1v) is 6.98. The van der Waals surface area contributed by atoms with Gasteiger partial charge in [0.15, 0.2) is 5.78 Å². The number of ketones is 1. The number of Topliss-reactive ketones (excluding diaryl/α,β-unsaturated/α-hetero) is 1. The molecule has 0 atom stereocenters. The second-order valence-electron chi connectivity index (χ2n) is 4.30. The van der Waals surface area contributed by atoms with E-state index in [2.05, 4.69) is 10.3 Å². The number of aromatic nitrogens is 2. The number of nitriles is 1. The van der Waals surface area contributed by atoms with Crippen molar-refractivity contribution in [1.29, 1.82) is 5.26 Å². The highest BCUT2D eigenvalue weighted by Gasteiger charge is 2.18. The van der Waals surface area contributed by atoms with Gasteiger partial charge in [-0.3, -0.25) is 4.79 Å². The SMILES string of the molecule is CC(=O)c1sc(NCCCn2ccnc2)c(C#N)c1N. The van der Waals surface area contributed by atoms with E-state index in [9.17, 15) is 4.79 Å². The molecule has 20 heavy (non-hydrogen) atoms. The Morgan fingerprint density at radius 3 is 3.05 bits per heavy atom. The van der Waals surface area contributed by atoms with Crippen LogP contribution in [0.3, 0.4) is 0 Å². The van der Waals surface area contributed by atoms with E-state index in [4.69, 9.17) is 11.0 Å². The average Bonchev–Trinajstić information content (AvgIpc) is 3.02.